The number of carbonyl (C=O) groups is 1. The number of methoxy groups -OCH3 is 1. The number of carbonyl (C=O) groups excluding carboxylic acids is 1. The van der Waals surface area contributed by atoms with Crippen LogP contribution in [-0.2, 0) is 27.4 Å². The molecule has 5 nitrogen and oxygen atoms in total. The molecule has 2 aromatic rings. The standard InChI is InChI=1S/C20H21FN2O3/c1-14-9-17(15(2)23(14)7-8-25-3)11-18(12-22)20(24)26-13-16-5-4-6-19(21)10-16/h4-6,9-11H,7-8,13H2,1-3H3/b18-11+. The van der Waals surface area contributed by atoms with E-state index in [1.807, 2.05) is 26.0 Å². The number of aromatic nitrogens is 1. The molecule has 1 aromatic carbocycles. The van der Waals surface area contributed by atoms with E-state index in [2.05, 4.69) is 4.57 Å². The van der Waals surface area contributed by atoms with Gasteiger partial charge < -0.3 is 14.0 Å². The van der Waals surface area contributed by atoms with E-state index in [-0.39, 0.29) is 12.2 Å². The first-order valence-corrected chi connectivity index (χ1v) is 8.15. The fourth-order valence-electron chi connectivity index (χ4n) is 2.65. The van der Waals surface area contributed by atoms with Gasteiger partial charge in [-0.1, -0.05) is 12.1 Å². The monoisotopic (exact) mass is 356 g/mol. The number of nitrogens with zero attached hydrogens (tertiary/aromatic N) is 2. The van der Waals surface area contributed by atoms with Crippen LogP contribution in [0.4, 0.5) is 4.39 Å². The van der Waals surface area contributed by atoms with Crippen molar-refractivity contribution >= 4 is 12.0 Å². The molecule has 1 aromatic heterocycles. The molecule has 26 heavy (non-hydrogen) atoms. The molecule has 0 spiro atoms. The van der Waals surface area contributed by atoms with Crippen LogP contribution >= 0.6 is 0 Å². The van der Waals surface area contributed by atoms with Gasteiger partial charge in [-0.2, -0.15) is 5.26 Å². The summed E-state index contributed by atoms with van der Waals surface area (Å²) in [7, 11) is 1.64. The Bertz CT molecular complexity index is 862. The highest BCUT2D eigenvalue weighted by molar-refractivity contribution is 5.98. The first kappa shape index (κ1) is 19.4. The van der Waals surface area contributed by atoms with Gasteiger partial charge in [0.15, 0.2) is 0 Å². The number of esters is 1. The molecule has 1 heterocycles. The van der Waals surface area contributed by atoms with Crippen LogP contribution < -0.4 is 0 Å². The Morgan fingerprint density at radius 2 is 2.12 bits per heavy atom. The summed E-state index contributed by atoms with van der Waals surface area (Å²) in [5.74, 6) is -1.14. The summed E-state index contributed by atoms with van der Waals surface area (Å²) in [4.78, 5) is 12.2. The summed E-state index contributed by atoms with van der Waals surface area (Å²) in [6.45, 7) is 5.03. The van der Waals surface area contributed by atoms with Gasteiger partial charge in [-0.05, 0) is 49.2 Å². The molecule has 0 aliphatic carbocycles. The maximum atomic E-state index is 13.2. The molecule has 0 amide bonds. The molecule has 0 fully saturated rings. The normalized spacial score (nSPS) is 11.3. The molecule has 0 radical (unpaired) electrons. The van der Waals surface area contributed by atoms with Crippen LogP contribution in [0, 0.1) is 31.0 Å². The minimum absolute atomic E-state index is 0.0948. The zero-order valence-corrected chi connectivity index (χ0v) is 15.1. The quantitative estimate of drug-likeness (QED) is 0.432. The molecule has 0 aliphatic heterocycles. The summed E-state index contributed by atoms with van der Waals surface area (Å²) in [6.07, 6.45) is 1.51. The Morgan fingerprint density at radius 3 is 2.77 bits per heavy atom. The first-order valence-electron chi connectivity index (χ1n) is 8.15. The maximum absolute atomic E-state index is 13.2. The lowest BCUT2D eigenvalue weighted by Crippen LogP contribution is -2.08. The topological polar surface area (TPSA) is 64.2 Å². The lowest BCUT2D eigenvalue weighted by Gasteiger charge is -2.08. The first-order chi connectivity index (χ1) is 12.5. The lowest BCUT2D eigenvalue weighted by atomic mass is 10.1. The van der Waals surface area contributed by atoms with Crippen molar-refractivity contribution in [3.8, 4) is 6.07 Å². The number of benzene rings is 1. The molecule has 0 N–H and O–H groups in total. The number of ether oxygens (including phenoxy) is 2. The SMILES string of the molecule is COCCn1c(C)cc(/C=C(\C#N)C(=O)OCc2cccc(F)c2)c1C. The highest BCUT2D eigenvalue weighted by Gasteiger charge is 2.14. The van der Waals surface area contributed by atoms with Crippen molar-refractivity contribution in [3.63, 3.8) is 0 Å². The van der Waals surface area contributed by atoms with Crippen LogP contribution in [0.5, 0.6) is 0 Å². The molecule has 0 unspecified atom stereocenters. The minimum Gasteiger partial charge on any atom is -0.457 e. The van der Waals surface area contributed by atoms with Crippen LogP contribution in [0.2, 0.25) is 0 Å². The Hall–Kier alpha value is -2.91. The Balaban J connectivity index is 2.14. The van der Waals surface area contributed by atoms with Crippen LogP contribution in [-0.4, -0.2) is 24.3 Å². The van der Waals surface area contributed by atoms with E-state index in [4.69, 9.17) is 9.47 Å². The Labute approximate surface area is 152 Å². The predicted octanol–water partition coefficient (Wildman–Crippen LogP) is 3.54. The highest BCUT2D eigenvalue weighted by Crippen LogP contribution is 2.19. The number of hydrogen-bond acceptors (Lipinski definition) is 4. The van der Waals surface area contributed by atoms with Crippen molar-refractivity contribution in [2.24, 2.45) is 0 Å². The zero-order chi connectivity index (χ0) is 19.1. The molecule has 0 saturated heterocycles. The summed E-state index contributed by atoms with van der Waals surface area (Å²) >= 11 is 0. The van der Waals surface area contributed by atoms with Crippen molar-refractivity contribution in [1.29, 1.82) is 5.26 Å². The van der Waals surface area contributed by atoms with Crippen molar-refractivity contribution < 1.29 is 18.7 Å². The predicted molar refractivity (Wildman–Crippen MR) is 95.6 cm³/mol. The third-order valence-electron chi connectivity index (χ3n) is 4.03. The summed E-state index contributed by atoms with van der Waals surface area (Å²) in [5.41, 5.74) is 3.14. The van der Waals surface area contributed by atoms with Gasteiger partial charge in [-0.25, -0.2) is 9.18 Å². The summed E-state index contributed by atoms with van der Waals surface area (Å²) in [5, 5.41) is 9.30. The van der Waals surface area contributed by atoms with Gasteiger partial charge in [0.25, 0.3) is 0 Å². The van der Waals surface area contributed by atoms with Gasteiger partial charge in [-0.15, -0.1) is 0 Å². The molecule has 0 aliphatic rings. The number of hydrogen-bond donors (Lipinski definition) is 0. The van der Waals surface area contributed by atoms with E-state index in [1.54, 1.807) is 13.2 Å². The van der Waals surface area contributed by atoms with Crippen molar-refractivity contribution in [2.45, 2.75) is 27.0 Å². The third kappa shape index (κ3) is 4.80. The average Bonchev–Trinajstić information content (AvgIpc) is 2.89. The van der Waals surface area contributed by atoms with Gasteiger partial charge >= 0.3 is 5.97 Å². The number of rotatable bonds is 7. The average molecular weight is 356 g/mol. The summed E-state index contributed by atoms with van der Waals surface area (Å²) < 4.78 is 25.4. The maximum Gasteiger partial charge on any atom is 0.349 e. The Kier molecular flexibility index (Phi) is 6.70. The van der Waals surface area contributed by atoms with Crippen molar-refractivity contribution in [1.82, 2.24) is 4.57 Å². The second-order valence-corrected chi connectivity index (χ2v) is 5.85. The molecule has 0 atom stereocenters. The van der Waals surface area contributed by atoms with Gasteiger partial charge in [0.05, 0.1) is 6.61 Å². The highest BCUT2D eigenvalue weighted by atomic mass is 19.1. The molecule has 0 bridgehead atoms. The van der Waals surface area contributed by atoms with Gasteiger partial charge in [0.2, 0.25) is 0 Å². The van der Waals surface area contributed by atoms with Gasteiger partial charge in [-0.3, -0.25) is 0 Å². The molecular weight excluding hydrogens is 335 g/mol. The van der Waals surface area contributed by atoms with Gasteiger partial charge in [0.1, 0.15) is 24.1 Å². The van der Waals surface area contributed by atoms with Gasteiger partial charge in [0, 0.05) is 25.0 Å². The second kappa shape index (κ2) is 8.97. The summed E-state index contributed by atoms with van der Waals surface area (Å²) in [6, 6.07) is 9.56. The van der Waals surface area contributed by atoms with E-state index in [9.17, 15) is 14.4 Å². The number of aryl methyl sites for hydroxylation is 1. The molecule has 136 valence electrons. The molecule has 0 saturated carbocycles. The van der Waals surface area contributed by atoms with Crippen molar-refractivity contribution in [3.05, 3.63) is 64.2 Å². The lowest BCUT2D eigenvalue weighted by molar-refractivity contribution is -0.139. The number of halogens is 1. The van der Waals surface area contributed by atoms with Crippen LogP contribution in [0.3, 0.4) is 0 Å². The smallest absolute Gasteiger partial charge is 0.349 e. The van der Waals surface area contributed by atoms with E-state index in [0.717, 1.165) is 17.0 Å². The third-order valence-corrected chi connectivity index (χ3v) is 4.03. The fraction of sp³-hybridized carbons (Fsp3) is 0.300. The molecule has 2 rings (SSSR count). The largest absolute Gasteiger partial charge is 0.457 e. The van der Waals surface area contributed by atoms with E-state index < -0.39 is 11.8 Å². The zero-order valence-electron chi connectivity index (χ0n) is 15.1. The minimum atomic E-state index is -0.738. The van der Waals surface area contributed by atoms with Crippen molar-refractivity contribution in [2.75, 3.05) is 13.7 Å². The van der Waals surface area contributed by atoms with E-state index in [0.29, 0.717) is 18.7 Å². The van der Waals surface area contributed by atoms with Crippen LogP contribution in [0.15, 0.2) is 35.9 Å². The molecular formula is C20H21FN2O3. The van der Waals surface area contributed by atoms with Crippen LogP contribution in [0.25, 0.3) is 6.08 Å². The number of nitriles is 1. The molecule has 6 heteroatoms. The Morgan fingerprint density at radius 1 is 1.35 bits per heavy atom. The second-order valence-electron chi connectivity index (χ2n) is 5.85. The fourth-order valence-corrected chi connectivity index (χ4v) is 2.65. The van der Waals surface area contributed by atoms with E-state index in [1.165, 1.54) is 24.3 Å². The van der Waals surface area contributed by atoms with Crippen LogP contribution in [0.1, 0.15) is 22.5 Å². The van der Waals surface area contributed by atoms with E-state index >= 15 is 0 Å².